The highest BCUT2D eigenvalue weighted by Crippen LogP contribution is 2.36. The summed E-state index contributed by atoms with van der Waals surface area (Å²) in [7, 11) is 0. The first-order chi connectivity index (χ1) is 13.3. The molecule has 3 heterocycles. The average Bonchev–Trinajstić information content (AvgIpc) is 3.16. The van der Waals surface area contributed by atoms with Crippen LogP contribution in [0.3, 0.4) is 0 Å². The molecule has 154 valence electrons. The third-order valence-corrected chi connectivity index (χ3v) is 6.15. The van der Waals surface area contributed by atoms with Crippen molar-refractivity contribution in [3.05, 3.63) is 22.8 Å². The summed E-state index contributed by atoms with van der Waals surface area (Å²) in [6.07, 6.45) is -2.56. The lowest BCUT2D eigenvalue weighted by Gasteiger charge is -2.33. The van der Waals surface area contributed by atoms with E-state index in [9.17, 15) is 18.0 Å². The third kappa shape index (κ3) is 3.87. The van der Waals surface area contributed by atoms with Crippen molar-refractivity contribution in [2.75, 3.05) is 39.3 Å². The number of carbonyl (C=O) groups is 1. The number of piperazine rings is 1. The normalized spacial score (nSPS) is 26.4. The van der Waals surface area contributed by atoms with Gasteiger partial charge in [-0.2, -0.15) is 13.2 Å². The van der Waals surface area contributed by atoms with Crippen LogP contribution in [0.5, 0.6) is 0 Å². The van der Waals surface area contributed by atoms with E-state index in [-0.39, 0.29) is 23.7 Å². The number of carbonyl (C=O) groups excluding carboxylic acids is 1. The van der Waals surface area contributed by atoms with E-state index in [4.69, 9.17) is 0 Å². The summed E-state index contributed by atoms with van der Waals surface area (Å²) in [6, 6.07) is 0.360. The monoisotopic (exact) mass is 397 g/mol. The maximum absolute atomic E-state index is 13.4. The minimum absolute atomic E-state index is 0.0167. The van der Waals surface area contributed by atoms with Crippen molar-refractivity contribution in [1.82, 2.24) is 25.1 Å². The van der Waals surface area contributed by atoms with Gasteiger partial charge in [0.05, 0.1) is 0 Å². The Hall–Kier alpha value is -1.74. The van der Waals surface area contributed by atoms with E-state index in [2.05, 4.69) is 20.2 Å². The first-order valence-corrected chi connectivity index (χ1v) is 10.00. The Labute approximate surface area is 162 Å². The maximum Gasteiger partial charge on any atom is 0.433 e. The molecule has 1 amide bonds. The standard InChI is InChI=1S/C19H26F3N5O/c1-12-24-16-3-2-13(10-15(16)17(25-12)19(20,21)22)18(28)27-7-4-14(11-27)26-8-5-23-6-9-26/h13-14,23H,2-11H2,1H3. The molecule has 0 radical (unpaired) electrons. The largest absolute Gasteiger partial charge is 0.433 e. The number of amides is 1. The number of likely N-dealkylation sites (tertiary alicyclic amines) is 1. The first-order valence-electron chi connectivity index (χ1n) is 10.00. The van der Waals surface area contributed by atoms with Crippen molar-refractivity contribution < 1.29 is 18.0 Å². The highest BCUT2D eigenvalue weighted by Gasteiger charge is 2.41. The molecular weight excluding hydrogens is 371 g/mol. The van der Waals surface area contributed by atoms with Crippen LogP contribution in [0.2, 0.25) is 0 Å². The first kappa shape index (κ1) is 19.6. The summed E-state index contributed by atoms with van der Waals surface area (Å²) >= 11 is 0. The molecular formula is C19H26F3N5O. The van der Waals surface area contributed by atoms with Crippen LogP contribution in [-0.4, -0.2) is 71.0 Å². The fourth-order valence-electron chi connectivity index (χ4n) is 4.73. The van der Waals surface area contributed by atoms with Gasteiger partial charge in [-0.05, 0) is 32.6 Å². The van der Waals surface area contributed by atoms with Crippen molar-refractivity contribution in [1.29, 1.82) is 0 Å². The molecule has 1 aromatic heterocycles. The second-order valence-electron chi connectivity index (χ2n) is 7.99. The zero-order valence-corrected chi connectivity index (χ0v) is 16.1. The predicted octanol–water partition coefficient (Wildman–Crippen LogP) is 1.41. The van der Waals surface area contributed by atoms with E-state index >= 15 is 0 Å². The van der Waals surface area contributed by atoms with E-state index in [0.29, 0.717) is 37.7 Å². The number of nitrogens with one attached hydrogen (secondary N) is 1. The summed E-state index contributed by atoms with van der Waals surface area (Å²) in [4.78, 5) is 25.2. The van der Waals surface area contributed by atoms with E-state index in [1.807, 2.05) is 4.90 Å². The lowest BCUT2D eigenvalue weighted by atomic mass is 9.84. The highest BCUT2D eigenvalue weighted by atomic mass is 19.4. The molecule has 3 aliphatic rings. The SMILES string of the molecule is Cc1nc2c(c(C(F)(F)F)n1)CC(C(=O)N1CCC(N3CCNCC3)C1)CC2. The van der Waals surface area contributed by atoms with Crippen LogP contribution in [0.15, 0.2) is 0 Å². The van der Waals surface area contributed by atoms with Gasteiger partial charge in [-0.25, -0.2) is 9.97 Å². The number of hydrogen-bond acceptors (Lipinski definition) is 5. The molecule has 0 bridgehead atoms. The molecule has 6 nitrogen and oxygen atoms in total. The van der Waals surface area contributed by atoms with Crippen molar-refractivity contribution in [2.24, 2.45) is 5.92 Å². The summed E-state index contributed by atoms with van der Waals surface area (Å²) in [6.45, 7) is 6.73. The lowest BCUT2D eigenvalue weighted by molar-refractivity contribution is -0.143. The fraction of sp³-hybridized carbons (Fsp3) is 0.737. The second-order valence-corrected chi connectivity index (χ2v) is 7.99. The Morgan fingerprint density at radius 3 is 2.61 bits per heavy atom. The molecule has 28 heavy (non-hydrogen) atoms. The number of halogens is 3. The van der Waals surface area contributed by atoms with Gasteiger partial charge in [0.25, 0.3) is 0 Å². The number of aromatic nitrogens is 2. The molecule has 2 atom stereocenters. The predicted molar refractivity (Wildman–Crippen MR) is 96.7 cm³/mol. The van der Waals surface area contributed by atoms with Crippen molar-refractivity contribution >= 4 is 5.91 Å². The molecule has 2 unspecified atom stereocenters. The number of alkyl halides is 3. The topological polar surface area (TPSA) is 61.4 Å². The number of fused-ring (bicyclic) bond motifs is 1. The van der Waals surface area contributed by atoms with Crippen LogP contribution < -0.4 is 5.32 Å². The van der Waals surface area contributed by atoms with Gasteiger partial charge in [-0.1, -0.05) is 0 Å². The van der Waals surface area contributed by atoms with Gasteiger partial charge in [-0.3, -0.25) is 9.69 Å². The number of rotatable bonds is 2. The summed E-state index contributed by atoms with van der Waals surface area (Å²) < 4.78 is 40.3. The van der Waals surface area contributed by atoms with Crippen LogP contribution in [0.4, 0.5) is 13.2 Å². The van der Waals surface area contributed by atoms with Crippen LogP contribution in [0.25, 0.3) is 0 Å². The Balaban J connectivity index is 1.46. The molecule has 1 aromatic rings. The average molecular weight is 397 g/mol. The van der Waals surface area contributed by atoms with Crippen LogP contribution in [0.1, 0.15) is 35.6 Å². The Morgan fingerprint density at radius 2 is 1.89 bits per heavy atom. The van der Waals surface area contributed by atoms with Gasteiger partial charge in [0.1, 0.15) is 5.82 Å². The van der Waals surface area contributed by atoms with E-state index in [0.717, 1.165) is 32.6 Å². The molecule has 2 fully saturated rings. The van der Waals surface area contributed by atoms with E-state index in [1.54, 1.807) is 0 Å². The molecule has 2 aliphatic heterocycles. The highest BCUT2D eigenvalue weighted by molar-refractivity contribution is 5.80. The number of hydrogen-bond donors (Lipinski definition) is 1. The zero-order valence-electron chi connectivity index (χ0n) is 16.1. The van der Waals surface area contributed by atoms with Crippen LogP contribution >= 0.6 is 0 Å². The van der Waals surface area contributed by atoms with E-state index in [1.165, 1.54) is 6.92 Å². The molecule has 0 spiro atoms. The fourth-order valence-corrected chi connectivity index (χ4v) is 4.73. The maximum atomic E-state index is 13.4. The van der Waals surface area contributed by atoms with Crippen molar-refractivity contribution in [2.45, 2.75) is 44.8 Å². The Kier molecular flexibility index (Phi) is 5.30. The minimum Gasteiger partial charge on any atom is -0.341 e. The molecule has 0 aromatic carbocycles. The van der Waals surface area contributed by atoms with E-state index < -0.39 is 17.8 Å². The smallest absolute Gasteiger partial charge is 0.341 e. The van der Waals surface area contributed by atoms with Crippen molar-refractivity contribution in [3.63, 3.8) is 0 Å². The minimum atomic E-state index is -4.52. The van der Waals surface area contributed by atoms with Crippen LogP contribution in [-0.2, 0) is 23.8 Å². The molecule has 2 saturated heterocycles. The summed E-state index contributed by atoms with van der Waals surface area (Å²) in [5, 5.41) is 3.33. The van der Waals surface area contributed by atoms with Gasteiger partial charge in [-0.15, -0.1) is 0 Å². The third-order valence-electron chi connectivity index (χ3n) is 6.15. The van der Waals surface area contributed by atoms with Crippen LogP contribution in [0, 0.1) is 12.8 Å². The molecule has 4 rings (SSSR count). The van der Waals surface area contributed by atoms with Gasteiger partial charge in [0.15, 0.2) is 5.69 Å². The quantitative estimate of drug-likeness (QED) is 0.818. The number of nitrogens with zero attached hydrogens (tertiary/aromatic N) is 4. The molecule has 9 heteroatoms. The van der Waals surface area contributed by atoms with Gasteiger partial charge < -0.3 is 10.2 Å². The number of aryl methyl sites for hydroxylation is 2. The zero-order chi connectivity index (χ0) is 19.9. The Morgan fingerprint density at radius 1 is 1.14 bits per heavy atom. The van der Waals surface area contributed by atoms with Gasteiger partial charge >= 0.3 is 6.18 Å². The molecule has 1 N–H and O–H groups in total. The summed E-state index contributed by atoms with van der Waals surface area (Å²) in [5.41, 5.74) is -0.308. The lowest BCUT2D eigenvalue weighted by Crippen LogP contribution is -2.49. The van der Waals surface area contributed by atoms with Gasteiger partial charge in [0, 0.05) is 62.5 Å². The second kappa shape index (κ2) is 7.59. The summed E-state index contributed by atoms with van der Waals surface area (Å²) in [5.74, 6) is -0.298. The molecule has 1 aliphatic carbocycles. The Bertz CT molecular complexity index is 748. The van der Waals surface area contributed by atoms with Crippen molar-refractivity contribution in [3.8, 4) is 0 Å². The molecule has 0 saturated carbocycles. The van der Waals surface area contributed by atoms with Gasteiger partial charge in [0.2, 0.25) is 5.91 Å².